The molecule has 96 valence electrons. The second-order valence-corrected chi connectivity index (χ2v) is 4.22. The minimum atomic E-state index is 0.872. The van der Waals surface area contributed by atoms with E-state index in [1.54, 1.807) is 12.5 Å². The van der Waals surface area contributed by atoms with Crippen LogP contribution in [0.15, 0.2) is 36.9 Å². The van der Waals surface area contributed by atoms with Gasteiger partial charge in [0.25, 0.3) is 0 Å². The zero-order chi connectivity index (χ0) is 13.2. The van der Waals surface area contributed by atoms with Crippen LogP contribution >= 0.6 is 0 Å². The maximum Gasteiger partial charge on any atom is 0.137 e. The summed E-state index contributed by atoms with van der Waals surface area (Å²) in [6, 6.07) is 6.03. The van der Waals surface area contributed by atoms with Crippen LogP contribution in [0.1, 0.15) is 12.5 Å². The van der Waals surface area contributed by atoms with Crippen LogP contribution in [0.25, 0.3) is 17.0 Å². The van der Waals surface area contributed by atoms with Gasteiger partial charge >= 0.3 is 0 Å². The first-order chi connectivity index (χ1) is 9.35. The molecule has 5 nitrogen and oxygen atoms in total. The average molecular weight is 253 g/mol. The fourth-order valence-electron chi connectivity index (χ4n) is 2.32. The van der Waals surface area contributed by atoms with E-state index < -0.39 is 0 Å². The van der Waals surface area contributed by atoms with Gasteiger partial charge in [-0.15, -0.1) is 0 Å². The lowest BCUT2D eigenvalue weighted by Gasteiger charge is -2.12. The van der Waals surface area contributed by atoms with Crippen molar-refractivity contribution in [1.29, 1.82) is 0 Å². The van der Waals surface area contributed by atoms with Gasteiger partial charge in [0.15, 0.2) is 0 Å². The van der Waals surface area contributed by atoms with Crippen molar-refractivity contribution in [2.24, 2.45) is 0 Å². The van der Waals surface area contributed by atoms with Crippen LogP contribution in [-0.2, 0) is 6.42 Å². The van der Waals surface area contributed by atoms with E-state index in [4.69, 9.17) is 0 Å². The molecule has 0 bridgehead atoms. The summed E-state index contributed by atoms with van der Waals surface area (Å²) in [6.07, 6.45) is 6.21. The molecule has 0 aliphatic heterocycles. The molecule has 5 heteroatoms. The van der Waals surface area contributed by atoms with E-state index in [0.717, 1.165) is 34.8 Å². The highest BCUT2D eigenvalue weighted by atomic mass is 15.0. The lowest BCUT2D eigenvalue weighted by molar-refractivity contribution is 1.03. The molecule has 0 aliphatic carbocycles. The Kier molecular flexibility index (Phi) is 2.87. The van der Waals surface area contributed by atoms with Gasteiger partial charge in [-0.25, -0.2) is 15.0 Å². The number of pyridine rings is 1. The molecule has 0 atom stereocenters. The van der Waals surface area contributed by atoms with Gasteiger partial charge in [0.05, 0.1) is 11.4 Å². The summed E-state index contributed by atoms with van der Waals surface area (Å²) >= 11 is 0. The smallest absolute Gasteiger partial charge is 0.137 e. The molecule has 0 unspecified atom stereocenters. The average Bonchev–Trinajstić information content (AvgIpc) is 2.94. The Bertz CT molecular complexity index is 717. The van der Waals surface area contributed by atoms with E-state index in [0.29, 0.717) is 0 Å². The minimum Gasteiger partial charge on any atom is -0.373 e. The van der Waals surface area contributed by atoms with Crippen molar-refractivity contribution in [2.75, 3.05) is 12.4 Å². The van der Waals surface area contributed by atoms with Crippen molar-refractivity contribution >= 4 is 11.5 Å². The van der Waals surface area contributed by atoms with E-state index in [2.05, 4.69) is 33.3 Å². The van der Waals surface area contributed by atoms with E-state index in [9.17, 15) is 0 Å². The summed E-state index contributed by atoms with van der Waals surface area (Å²) in [7, 11) is 1.88. The maximum absolute atomic E-state index is 4.46. The number of aromatic nitrogens is 4. The van der Waals surface area contributed by atoms with Gasteiger partial charge in [-0.1, -0.05) is 13.0 Å². The molecular formula is C14H15N5. The third-order valence-electron chi connectivity index (χ3n) is 3.21. The van der Waals surface area contributed by atoms with Gasteiger partial charge in [-0.3, -0.25) is 4.40 Å². The van der Waals surface area contributed by atoms with Gasteiger partial charge in [-0.05, 0) is 18.6 Å². The Hall–Kier alpha value is -2.43. The Morgan fingerprint density at radius 2 is 2.11 bits per heavy atom. The van der Waals surface area contributed by atoms with Crippen LogP contribution < -0.4 is 5.32 Å². The van der Waals surface area contributed by atoms with Gasteiger partial charge in [0.2, 0.25) is 0 Å². The summed E-state index contributed by atoms with van der Waals surface area (Å²) in [5, 5.41) is 3.12. The molecule has 0 fully saturated rings. The number of nitrogens with one attached hydrogen (secondary N) is 1. The van der Waals surface area contributed by atoms with E-state index in [1.807, 2.05) is 29.8 Å². The third-order valence-corrected chi connectivity index (χ3v) is 3.21. The molecule has 1 N–H and O–H groups in total. The topological polar surface area (TPSA) is 55.1 Å². The third kappa shape index (κ3) is 1.83. The molecule has 0 aliphatic rings. The molecule has 19 heavy (non-hydrogen) atoms. The highest BCUT2D eigenvalue weighted by Gasteiger charge is 2.13. The maximum atomic E-state index is 4.46. The number of rotatable bonds is 3. The lowest BCUT2D eigenvalue weighted by Crippen LogP contribution is -2.04. The summed E-state index contributed by atoms with van der Waals surface area (Å²) < 4.78 is 2.04. The molecule has 3 aromatic rings. The van der Waals surface area contributed by atoms with Gasteiger partial charge < -0.3 is 5.32 Å². The van der Waals surface area contributed by atoms with Crippen LogP contribution in [0, 0.1) is 0 Å². The molecule has 0 saturated heterocycles. The minimum absolute atomic E-state index is 0.872. The van der Waals surface area contributed by atoms with E-state index in [-0.39, 0.29) is 0 Å². The summed E-state index contributed by atoms with van der Waals surface area (Å²) in [5.74, 6) is 0.879. The first kappa shape index (κ1) is 11.6. The molecule has 3 heterocycles. The first-order valence-corrected chi connectivity index (χ1v) is 6.29. The van der Waals surface area contributed by atoms with Crippen molar-refractivity contribution in [3.8, 4) is 11.4 Å². The number of hydrogen-bond donors (Lipinski definition) is 1. The van der Waals surface area contributed by atoms with Crippen molar-refractivity contribution in [2.45, 2.75) is 13.3 Å². The molecule has 0 spiro atoms. The van der Waals surface area contributed by atoms with Crippen molar-refractivity contribution in [1.82, 2.24) is 19.4 Å². The quantitative estimate of drug-likeness (QED) is 0.778. The zero-order valence-electron chi connectivity index (χ0n) is 11.0. The van der Waals surface area contributed by atoms with Crippen LogP contribution in [0.4, 0.5) is 5.82 Å². The Morgan fingerprint density at radius 3 is 2.89 bits per heavy atom. The van der Waals surface area contributed by atoms with Crippen molar-refractivity contribution in [3.63, 3.8) is 0 Å². The monoisotopic (exact) mass is 253 g/mol. The van der Waals surface area contributed by atoms with Crippen molar-refractivity contribution in [3.05, 3.63) is 42.5 Å². The Morgan fingerprint density at radius 1 is 1.21 bits per heavy atom. The Labute approximate surface area is 111 Å². The van der Waals surface area contributed by atoms with E-state index in [1.165, 1.54) is 0 Å². The molecule has 0 saturated carbocycles. The van der Waals surface area contributed by atoms with Crippen LogP contribution in [0.2, 0.25) is 0 Å². The van der Waals surface area contributed by atoms with Gasteiger partial charge in [-0.2, -0.15) is 0 Å². The molecule has 0 radical (unpaired) electrons. The number of anilines is 1. The molecule has 3 rings (SSSR count). The summed E-state index contributed by atoms with van der Waals surface area (Å²) in [4.78, 5) is 13.0. The molecule has 0 aromatic carbocycles. The number of nitrogens with zero attached hydrogens (tertiary/aromatic N) is 4. The largest absolute Gasteiger partial charge is 0.373 e. The summed E-state index contributed by atoms with van der Waals surface area (Å²) in [6.45, 7) is 2.11. The Balaban J connectivity index is 2.30. The van der Waals surface area contributed by atoms with Gasteiger partial charge in [0, 0.05) is 25.0 Å². The standard InChI is InChI=1S/C14H15N5/c1-3-10-13(17-9-18-14(10)15-2)11-5-4-6-12-16-7-8-19(11)12/h4-9H,3H2,1-2H3,(H,15,17,18). The fraction of sp³-hybridized carbons (Fsp3) is 0.214. The molecule has 0 amide bonds. The summed E-state index contributed by atoms with van der Waals surface area (Å²) in [5.41, 5.74) is 4.02. The predicted molar refractivity (Wildman–Crippen MR) is 75.1 cm³/mol. The fourth-order valence-corrected chi connectivity index (χ4v) is 2.32. The second-order valence-electron chi connectivity index (χ2n) is 4.22. The SMILES string of the molecule is CCc1c(NC)ncnc1-c1cccc2nccn12. The number of imidazole rings is 1. The van der Waals surface area contributed by atoms with Crippen LogP contribution in [0.5, 0.6) is 0 Å². The first-order valence-electron chi connectivity index (χ1n) is 6.29. The molecular weight excluding hydrogens is 238 g/mol. The zero-order valence-corrected chi connectivity index (χ0v) is 11.0. The normalized spacial score (nSPS) is 10.8. The van der Waals surface area contributed by atoms with E-state index >= 15 is 0 Å². The second kappa shape index (κ2) is 4.68. The molecule has 3 aromatic heterocycles. The lowest BCUT2D eigenvalue weighted by atomic mass is 10.1. The highest BCUT2D eigenvalue weighted by molar-refractivity contribution is 5.67. The van der Waals surface area contributed by atoms with Crippen LogP contribution in [0.3, 0.4) is 0 Å². The van der Waals surface area contributed by atoms with Crippen LogP contribution in [-0.4, -0.2) is 26.4 Å². The van der Waals surface area contributed by atoms with Crippen molar-refractivity contribution < 1.29 is 0 Å². The number of hydrogen-bond acceptors (Lipinski definition) is 4. The predicted octanol–water partition coefficient (Wildman–Crippen LogP) is 2.40. The number of fused-ring (bicyclic) bond motifs is 1. The highest BCUT2D eigenvalue weighted by Crippen LogP contribution is 2.26. The van der Waals surface area contributed by atoms with Gasteiger partial charge in [0.1, 0.15) is 17.8 Å².